The van der Waals surface area contributed by atoms with Gasteiger partial charge in [0.15, 0.2) is 0 Å². The standard InChI is InChI=1S/C22H28N2O/c1-17-13-15-24(16-14-17)20-11-9-19(10-12-20)23-21(25)22(2,3)18-7-5-4-6-8-18/h4-12,17H,13-16H2,1-3H3,(H,23,25). The van der Waals surface area contributed by atoms with E-state index in [1.54, 1.807) is 0 Å². The largest absolute Gasteiger partial charge is 0.372 e. The van der Waals surface area contributed by atoms with Gasteiger partial charge in [0, 0.05) is 24.5 Å². The van der Waals surface area contributed by atoms with Crippen molar-refractivity contribution in [1.29, 1.82) is 0 Å². The predicted octanol–water partition coefficient (Wildman–Crippen LogP) is 4.84. The van der Waals surface area contributed by atoms with Gasteiger partial charge in [0.05, 0.1) is 5.41 Å². The number of amides is 1. The monoisotopic (exact) mass is 336 g/mol. The third-order valence-corrected chi connectivity index (χ3v) is 5.34. The molecule has 132 valence electrons. The lowest BCUT2D eigenvalue weighted by atomic mass is 9.83. The molecule has 2 aromatic carbocycles. The highest BCUT2D eigenvalue weighted by Crippen LogP contribution is 2.27. The van der Waals surface area contributed by atoms with Crippen LogP contribution < -0.4 is 10.2 Å². The molecule has 1 heterocycles. The molecule has 0 bridgehead atoms. The van der Waals surface area contributed by atoms with Gasteiger partial charge in [-0.2, -0.15) is 0 Å². The first-order valence-corrected chi connectivity index (χ1v) is 9.19. The number of carbonyl (C=O) groups excluding carboxylic acids is 1. The van der Waals surface area contributed by atoms with Crippen molar-refractivity contribution in [3.63, 3.8) is 0 Å². The molecule has 3 heteroatoms. The number of benzene rings is 2. The number of anilines is 2. The Kier molecular flexibility index (Phi) is 5.12. The van der Waals surface area contributed by atoms with E-state index in [-0.39, 0.29) is 5.91 Å². The maximum Gasteiger partial charge on any atom is 0.234 e. The van der Waals surface area contributed by atoms with Crippen LogP contribution in [-0.4, -0.2) is 19.0 Å². The van der Waals surface area contributed by atoms with Gasteiger partial charge in [0.1, 0.15) is 0 Å². The molecule has 0 aliphatic carbocycles. The van der Waals surface area contributed by atoms with Crippen molar-refractivity contribution in [2.45, 2.75) is 39.0 Å². The smallest absolute Gasteiger partial charge is 0.234 e. The zero-order valence-corrected chi connectivity index (χ0v) is 15.5. The molecule has 0 unspecified atom stereocenters. The number of carbonyl (C=O) groups is 1. The number of piperidine rings is 1. The Hall–Kier alpha value is -2.29. The normalized spacial score (nSPS) is 15.9. The van der Waals surface area contributed by atoms with Crippen molar-refractivity contribution in [3.05, 3.63) is 60.2 Å². The zero-order chi connectivity index (χ0) is 17.9. The van der Waals surface area contributed by atoms with E-state index < -0.39 is 5.41 Å². The molecule has 1 saturated heterocycles. The summed E-state index contributed by atoms with van der Waals surface area (Å²) in [7, 11) is 0. The van der Waals surface area contributed by atoms with Crippen molar-refractivity contribution in [1.82, 2.24) is 0 Å². The quantitative estimate of drug-likeness (QED) is 0.866. The van der Waals surface area contributed by atoms with E-state index in [1.165, 1.54) is 18.5 Å². The van der Waals surface area contributed by atoms with Crippen LogP contribution in [0.1, 0.15) is 39.2 Å². The Morgan fingerprint density at radius 3 is 2.20 bits per heavy atom. The molecule has 1 aliphatic heterocycles. The molecule has 0 radical (unpaired) electrons. The van der Waals surface area contributed by atoms with Crippen molar-refractivity contribution in [2.75, 3.05) is 23.3 Å². The minimum Gasteiger partial charge on any atom is -0.372 e. The molecular formula is C22H28N2O. The molecule has 0 aromatic heterocycles. The van der Waals surface area contributed by atoms with Crippen molar-refractivity contribution >= 4 is 17.3 Å². The molecule has 1 aliphatic rings. The Morgan fingerprint density at radius 2 is 1.60 bits per heavy atom. The summed E-state index contributed by atoms with van der Waals surface area (Å²) in [5.41, 5.74) is 2.55. The van der Waals surface area contributed by atoms with Gasteiger partial charge in [-0.05, 0) is 62.4 Å². The number of nitrogens with one attached hydrogen (secondary N) is 1. The fraction of sp³-hybridized carbons (Fsp3) is 0.409. The third kappa shape index (κ3) is 4.04. The highest BCUT2D eigenvalue weighted by Gasteiger charge is 2.29. The Bertz CT molecular complexity index is 699. The fourth-order valence-corrected chi connectivity index (χ4v) is 3.30. The summed E-state index contributed by atoms with van der Waals surface area (Å²) in [6.07, 6.45) is 2.51. The average Bonchev–Trinajstić information content (AvgIpc) is 2.64. The number of hydrogen-bond acceptors (Lipinski definition) is 2. The summed E-state index contributed by atoms with van der Waals surface area (Å²) in [5.74, 6) is 0.841. The maximum absolute atomic E-state index is 12.7. The number of nitrogens with zero attached hydrogens (tertiary/aromatic N) is 1. The molecule has 1 fully saturated rings. The van der Waals surface area contributed by atoms with E-state index >= 15 is 0 Å². The van der Waals surface area contributed by atoms with Crippen LogP contribution in [-0.2, 0) is 10.2 Å². The second-order valence-electron chi connectivity index (χ2n) is 7.66. The minimum absolute atomic E-state index is 0.0123. The average molecular weight is 336 g/mol. The molecule has 1 amide bonds. The highest BCUT2D eigenvalue weighted by molar-refractivity contribution is 5.98. The van der Waals surface area contributed by atoms with Gasteiger partial charge in [-0.25, -0.2) is 0 Å². The molecule has 1 N–H and O–H groups in total. The Balaban J connectivity index is 1.66. The first-order valence-electron chi connectivity index (χ1n) is 9.19. The van der Waals surface area contributed by atoms with Crippen LogP contribution in [0.15, 0.2) is 54.6 Å². The third-order valence-electron chi connectivity index (χ3n) is 5.34. The van der Waals surface area contributed by atoms with Gasteiger partial charge in [-0.3, -0.25) is 4.79 Å². The lowest BCUT2D eigenvalue weighted by Gasteiger charge is -2.32. The lowest BCUT2D eigenvalue weighted by Crippen LogP contribution is -2.34. The van der Waals surface area contributed by atoms with Gasteiger partial charge >= 0.3 is 0 Å². The summed E-state index contributed by atoms with van der Waals surface area (Å²) < 4.78 is 0. The van der Waals surface area contributed by atoms with Crippen LogP contribution >= 0.6 is 0 Å². The Morgan fingerprint density at radius 1 is 1.00 bits per heavy atom. The highest BCUT2D eigenvalue weighted by atomic mass is 16.2. The molecule has 0 saturated carbocycles. The van der Waals surface area contributed by atoms with Gasteiger partial charge in [-0.15, -0.1) is 0 Å². The van der Waals surface area contributed by atoms with Crippen molar-refractivity contribution < 1.29 is 4.79 Å². The fourth-order valence-electron chi connectivity index (χ4n) is 3.30. The summed E-state index contributed by atoms with van der Waals surface area (Å²) in [4.78, 5) is 15.2. The topological polar surface area (TPSA) is 32.3 Å². The molecule has 2 aromatic rings. The van der Waals surface area contributed by atoms with Crippen molar-refractivity contribution in [3.8, 4) is 0 Å². The minimum atomic E-state index is -0.567. The summed E-state index contributed by atoms with van der Waals surface area (Å²) in [5, 5.41) is 3.06. The summed E-state index contributed by atoms with van der Waals surface area (Å²) in [6, 6.07) is 18.1. The van der Waals surface area contributed by atoms with Crippen molar-refractivity contribution in [2.24, 2.45) is 5.92 Å². The van der Waals surface area contributed by atoms with Crippen LogP contribution in [0.5, 0.6) is 0 Å². The number of hydrogen-bond donors (Lipinski definition) is 1. The van der Waals surface area contributed by atoms with E-state index in [0.717, 1.165) is 30.3 Å². The molecule has 3 nitrogen and oxygen atoms in total. The maximum atomic E-state index is 12.7. The van der Waals surface area contributed by atoms with Gasteiger partial charge in [-0.1, -0.05) is 37.3 Å². The molecule has 0 spiro atoms. The number of rotatable bonds is 4. The first-order chi connectivity index (χ1) is 12.0. The lowest BCUT2D eigenvalue weighted by molar-refractivity contribution is -0.120. The van der Waals surface area contributed by atoms with Crippen LogP contribution in [0.4, 0.5) is 11.4 Å². The first kappa shape index (κ1) is 17.5. The predicted molar refractivity (Wildman–Crippen MR) is 105 cm³/mol. The van der Waals surface area contributed by atoms with Gasteiger partial charge in [0.25, 0.3) is 0 Å². The van der Waals surface area contributed by atoms with E-state index in [9.17, 15) is 4.79 Å². The van der Waals surface area contributed by atoms with E-state index in [1.807, 2.05) is 56.3 Å². The Labute approximate surface area is 151 Å². The van der Waals surface area contributed by atoms with E-state index in [0.29, 0.717) is 0 Å². The molecule has 3 rings (SSSR count). The van der Waals surface area contributed by atoms with E-state index in [2.05, 4.69) is 29.3 Å². The second kappa shape index (κ2) is 7.30. The van der Waals surface area contributed by atoms with Gasteiger partial charge < -0.3 is 10.2 Å². The second-order valence-corrected chi connectivity index (χ2v) is 7.66. The summed E-state index contributed by atoms with van der Waals surface area (Å²) in [6.45, 7) is 8.48. The zero-order valence-electron chi connectivity index (χ0n) is 15.5. The van der Waals surface area contributed by atoms with E-state index in [4.69, 9.17) is 0 Å². The van der Waals surface area contributed by atoms with Gasteiger partial charge in [0.2, 0.25) is 5.91 Å². The SMILES string of the molecule is CC1CCN(c2ccc(NC(=O)C(C)(C)c3ccccc3)cc2)CC1. The van der Waals surface area contributed by atoms with Crippen LogP contribution in [0.2, 0.25) is 0 Å². The van der Waals surface area contributed by atoms with Crippen LogP contribution in [0, 0.1) is 5.92 Å². The molecule has 0 atom stereocenters. The molecular weight excluding hydrogens is 308 g/mol. The summed E-state index contributed by atoms with van der Waals surface area (Å²) >= 11 is 0. The molecule has 25 heavy (non-hydrogen) atoms. The van der Waals surface area contributed by atoms with Crippen LogP contribution in [0.25, 0.3) is 0 Å². The van der Waals surface area contributed by atoms with Crippen LogP contribution in [0.3, 0.4) is 0 Å².